The van der Waals surface area contributed by atoms with Crippen LogP contribution in [0.3, 0.4) is 0 Å². The topological polar surface area (TPSA) is 62.1 Å². The molecule has 1 aliphatic heterocycles. The van der Waals surface area contributed by atoms with Crippen molar-refractivity contribution in [3.05, 3.63) is 11.8 Å². The molecule has 4 heteroatoms. The molecule has 4 nitrogen and oxygen atoms in total. The van der Waals surface area contributed by atoms with Gasteiger partial charge in [-0.15, -0.1) is 0 Å². The molecule has 0 aromatic heterocycles. The number of ether oxygens (including phenoxy) is 1. The minimum Gasteiger partial charge on any atom is -0.464 e. The van der Waals surface area contributed by atoms with Crippen LogP contribution in [0, 0.1) is 11.3 Å². The Morgan fingerprint density at radius 1 is 1.92 bits per heavy atom. The third-order valence-corrected chi connectivity index (χ3v) is 1.87. The number of rotatable bonds is 2. The number of hydrogen-bond donors (Lipinski definition) is 1. The summed E-state index contributed by atoms with van der Waals surface area (Å²) >= 11 is 0. The smallest absolute Gasteiger partial charge is 0.328 e. The van der Waals surface area contributed by atoms with Gasteiger partial charge < -0.3 is 10.1 Å². The summed E-state index contributed by atoms with van der Waals surface area (Å²) in [6.07, 6.45) is 2.89. The number of hydrogen-bond acceptors (Lipinski definition) is 4. The fraction of sp³-hybridized carbons (Fsp3) is 0.556. The van der Waals surface area contributed by atoms with Crippen LogP contribution in [0.4, 0.5) is 0 Å². The van der Waals surface area contributed by atoms with E-state index in [1.54, 1.807) is 6.92 Å². The van der Waals surface area contributed by atoms with Crippen molar-refractivity contribution in [1.29, 1.82) is 5.26 Å². The van der Waals surface area contributed by atoms with Crippen LogP contribution in [0.1, 0.15) is 19.8 Å². The fourth-order valence-corrected chi connectivity index (χ4v) is 1.28. The number of nitrogens with one attached hydrogen (secondary N) is 1. The minimum absolute atomic E-state index is 0.233. The van der Waals surface area contributed by atoms with Crippen LogP contribution in [0.15, 0.2) is 11.8 Å². The van der Waals surface area contributed by atoms with E-state index in [9.17, 15) is 4.79 Å². The number of nitrogens with zero attached hydrogens (tertiary/aromatic N) is 1. The van der Waals surface area contributed by atoms with Gasteiger partial charge in [-0.2, -0.15) is 5.26 Å². The molecule has 1 aliphatic rings. The molecule has 1 rings (SSSR count). The van der Waals surface area contributed by atoms with E-state index in [-0.39, 0.29) is 12.0 Å². The molecule has 0 bridgehead atoms. The fourth-order valence-electron chi connectivity index (χ4n) is 1.28. The molecule has 1 atom stereocenters. The molecule has 0 aromatic carbocycles. The van der Waals surface area contributed by atoms with Crippen LogP contribution >= 0.6 is 0 Å². The van der Waals surface area contributed by atoms with Crippen molar-refractivity contribution < 1.29 is 9.53 Å². The van der Waals surface area contributed by atoms with Gasteiger partial charge in [0.05, 0.1) is 12.7 Å². The van der Waals surface area contributed by atoms with E-state index in [0.717, 1.165) is 12.1 Å². The molecular formula is C9H12N2O2. The molecule has 1 N–H and O–H groups in total. The number of allylic oxidation sites excluding steroid dienone is 2. The van der Waals surface area contributed by atoms with E-state index in [1.165, 1.54) is 6.08 Å². The van der Waals surface area contributed by atoms with Crippen LogP contribution in [0.25, 0.3) is 0 Å². The minimum atomic E-state index is -0.264. The van der Waals surface area contributed by atoms with Crippen LogP contribution in [0.5, 0.6) is 0 Å². The summed E-state index contributed by atoms with van der Waals surface area (Å²) in [5.41, 5.74) is 0.820. The van der Waals surface area contributed by atoms with Gasteiger partial charge in [0, 0.05) is 11.8 Å². The van der Waals surface area contributed by atoms with Crippen molar-refractivity contribution >= 4 is 5.97 Å². The zero-order valence-electron chi connectivity index (χ0n) is 7.54. The lowest BCUT2D eigenvalue weighted by Crippen LogP contribution is -2.31. The highest BCUT2D eigenvalue weighted by Gasteiger charge is 2.25. The first-order valence-electron chi connectivity index (χ1n) is 4.29. The Balaban J connectivity index is 2.46. The number of carbonyl (C=O) groups excluding carboxylic acids is 1. The first-order chi connectivity index (χ1) is 6.27. The van der Waals surface area contributed by atoms with Crippen molar-refractivity contribution in [2.75, 3.05) is 6.61 Å². The monoisotopic (exact) mass is 180 g/mol. The van der Waals surface area contributed by atoms with Gasteiger partial charge in [0.25, 0.3) is 0 Å². The van der Waals surface area contributed by atoms with Gasteiger partial charge in [-0.3, -0.25) is 0 Å². The summed E-state index contributed by atoms with van der Waals surface area (Å²) in [5, 5.41) is 11.3. The standard InChI is InChI=1S/C9H12N2O2/c1-2-13-9(12)8-4-3-7(11-8)5-6-10/h5,8,11H,2-4H2,1H3/b7-5+/t8-/m0/s1. The maximum absolute atomic E-state index is 11.2. The van der Waals surface area contributed by atoms with E-state index in [1.807, 2.05) is 6.07 Å². The lowest BCUT2D eigenvalue weighted by atomic mass is 10.2. The molecule has 0 radical (unpaired) electrons. The molecule has 13 heavy (non-hydrogen) atoms. The summed E-state index contributed by atoms with van der Waals surface area (Å²) in [6.45, 7) is 2.17. The van der Waals surface area contributed by atoms with Gasteiger partial charge in [0.15, 0.2) is 0 Å². The Hall–Kier alpha value is -1.50. The Morgan fingerprint density at radius 3 is 3.31 bits per heavy atom. The van der Waals surface area contributed by atoms with Crippen molar-refractivity contribution in [1.82, 2.24) is 5.32 Å². The molecule has 0 amide bonds. The third kappa shape index (κ3) is 2.48. The number of nitriles is 1. The third-order valence-electron chi connectivity index (χ3n) is 1.87. The summed E-state index contributed by atoms with van der Waals surface area (Å²) in [5.74, 6) is -0.233. The highest BCUT2D eigenvalue weighted by atomic mass is 16.5. The maximum Gasteiger partial charge on any atom is 0.328 e. The molecule has 70 valence electrons. The van der Waals surface area contributed by atoms with Gasteiger partial charge in [-0.1, -0.05) is 0 Å². The summed E-state index contributed by atoms with van der Waals surface area (Å²) in [6, 6.07) is 1.66. The Kier molecular flexibility index (Phi) is 3.32. The van der Waals surface area contributed by atoms with Crippen LogP contribution < -0.4 is 5.32 Å². The first-order valence-corrected chi connectivity index (χ1v) is 4.29. The molecule has 0 spiro atoms. The molecule has 1 fully saturated rings. The summed E-state index contributed by atoms with van der Waals surface area (Å²) in [7, 11) is 0. The van der Waals surface area contributed by atoms with E-state index in [0.29, 0.717) is 13.0 Å². The van der Waals surface area contributed by atoms with Gasteiger partial charge in [-0.05, 0) is 19.8 Å². The zero-order chi connectivity index (χ0) is 9.68. The molecule has 0 aliphatic carbocycles. The predicted molar refractivity (Wildman–Crippen MR) is 46.5 cm³/mol. The average Bonchev–Trinajstić information content (AvgIpc) is 2.54. The highest BCUT2D eigenvalue weighted by Crippen LogP contribution is 2.15. The SMILES string of the molecule is CCOC(=O)[C@@H]1CC/C(=C\C#N)N1. The number of esters is 1. The van der Waals surface area contributed by atoms with Gasteiger partial charge >= 0.3 is 5.97 Å². The summed E-state index contributed by atoms with van der Waals surface area (Å²) in [4.78, 5) is 11.2. The van der Waals surface area contributed by atoms with Crippen LogP contribution in [-0.2, 0) is 9.53 Å². The quantitative estimate of drug-likeness (QED) is 0.502. The van der Waals surface area contributed by atoms with Gasteiger partial charge in [-0.25, -0.2) is 4.79 Å². The van der Waals surface area contributed by atoms with Crippen LogP contribution in [-0.4, -0.2) is 18.6 Å². The molecule has 1 heterocycles. The van der Waals surface area contributed by atoms with E-state index >= 15 is 0 Å². The van der Waals surface area contributed by atoms with Crippen molar-refractivity contribution in [3.63, 3.8) is 0 Å². The normalized spacial score (nSPS) is 23.7. The van der Waals surface area contributed by atoms with Crippen molar-refractivity contribution in [2.24, 2.45) is 0 Å². The Labute approximate surface area is 77.2 Å². The van der Waals surface area contributed by atoms with Crippen molar-refractivity contribution in [2.45, 2.75) is 25.8 Å². The summed E-state index contributed by atoms with van der Waals surface area (Å²) < 4.78 is 4.84. The largest absolute Gasteiger partial charge is 0.464 e. The molecule has 0 aromatic rings. The van der Waals surface area contributed by atoms with Gasteiger partial charge in [0.1, 0.15) is 6.04 Å². The van der Waals surface area contributed by atoms with E-state index < -0.39 is 0 Å². The molecular weight excluding hydrogens is 168 g/mol. The predicted octanol–water partition coefficient (Wildman–Crippen LogP) is 0.709. The van der Waals surface area contributed by atoms with E-state index in [4.69, 9.17) is 10.00 Å². The maximum atomic E-state index is 11.2. The second-order valence-corrected chi connectivity index (χ2v) is 2.79. The zero-order valence-corrected chi connectivity index (χ0v) is 7.54. The average molecular weight is 180 g/mol. The first kappa shape index (κ1) is 9.59. The molecule has 1 saturated heterocycles. The second-order valence-electron chi connectivity index (χ2n) is 2.79. The van der Waals surface area contributed by atoms with Crippen molar-refractivity contribution in [3.8, 4) is 6.07 Å². The second kappa shape index (κ2) is 4.51. The molecule has 0 saturated carbocycles. The Morgan fingerprint density at radius 2 is 2.69 bits per heavy atom. The lowest BCUT2D eigenvalue weighted by molar-refractivity contribution is -0.145. The highest BCUT2D eigenvalue weighted by molar-refractivity contribution is 5.76. The number of carbonyl (C=O) groups is 1. The van der Waals surface area contributed by atoms with Gasteiger partial charge in [0.2, 0.25) is 0 Å². The lowest BCUT2D eigenvalue weighted by Gasteiger charge is -2.08. The molecule has 0 unspecified atom stereocenters. The van der Waals surface area contributed by atoms with Crippen LogP contribution in [0.2, 0.25) is 0 Å². The van der Waals surface area contributed by atoms with E-state index in [2.05, 4.69) is 5.32 Å². The Bertz CT molecular complexity index is 265.